The molecule has 0 saturated carbocycles. The average molecular weight is 510 g/mol. The van der Waals surface area contributed by atoms with Crippen LogP contribution in [0.3, 0.4) is 0 Å². The second kappa shape index (κ2) is 14.0. The van der Waals surface area contributed by atoms with Crippen molar-refractivity contribution in [2.24, 2.45) is 0 Å². The molecule has 194 valence electrons. The summed E-state index contributed by atoms with van der Waals surface area (Å²) in [6.45, 7) is 6.26. The molecule has 9 heteroatoms. The fourth-order valence-electron chi connectivity index (χ4n) is 3.18. The molecule has 38 heavy (non-hydrogen) atoms. The fourth-order valence-corrected chi connectivity index (χ4v) is 3.18. The normalized spacial score (nSPS) is 11.9. The lowest BCUT2D eigenvalue weighted by atomic mass is 10.2. The average Bonchev–Trinajstić information content (AvgIpc) is 2.91. The third kappa shape index (κ3) is 8.96. The number of hydrogen-bond acceptors (Lipinski definition) is 7. The van der Waals surface area contributed by atoms with Crippen LogP contribution >= 0.6 is 0 Å². The Morgan fingerprint density at radius 2 is 1.89 bits per heavy atom. The van der Waals surface area contributed by atoms with E-state index in [2.05, 4.69) is 37.5 Å². The number of carbonyl (C=O) groups is 2. The van der Waals surface area contributed by atoms with Crippen LogP contribution in [0.25, 0.3) is 11.3 Å². The highest BCUT2D eigenvalue weighted by atomic mass is 16.2. The molecule has 9 nitrogen and oxygen atoms in total. The van der Waals surface area contributed by atoms with Gasteiger partial charge in [-0.3, -0.25) is 14.6 Å². The predicted molar refractivity (Wildman–Crippen MR) is 151 cm³/mol. The minimum Gasteiger partial charge on any atom is -0.326 e. The molecular weight excluding hydrogens is 478 g/mol. The summed E-state index contributed by atoms with van der Waals surface area (Å²) >= 11 is 0. The maximum absolute atomic E-state index is 12.8. The van der Waals surface area contributed by atoms with Gasteiger partial charge < -0.3 is 20.9 Å². The molecule has 0 spiro atoms. The van der Waals surface area contributed by atoms with E-state index in [1.807, 2.05) is 31.1 Å². The van der Waals surface area contributed by atoms with Crippen LogP contribution in [0.5, 0.6) is 0 Å². The Kier molecular flexibility index (Phi) is 10.2. The molecule has 0 saturated heterocycles. The van der Waals surface area contributed by atoms with Gasteiger partial charge in [0, 0.05) is 59.4 Å². The van der Waals surface area contributed by atoms with Crippen molar-refractivity contribution in [2.75, 3.05) is 31.3 Å². The first-order chi connectivity index (χ1) is 18.3. The number of anilines is 2. The second-order valence-electron chi connectivity index (χ2n) is 8.50. The van der Waals surface area contributed by atoms with E-state index in [-0.39, 0.29) is 11.8 Å². The van der Waals surface area contributed by atoms with Gasteiger partial charge in [-0.2, -0.15) is 0 Å². The van der Waals surface area contributed by atoms with E-state index in [0.29, 0.717) is 35.1 Å². The SMILES string of the molecule is C=C/C(=C\C=C(/C)NC(=O)c1cccc(NC(=O)/C=C\CN(C)C)c1)Nc1nccc(-c2cccnc2)n1. The van der Waals surface area contributed by atoms with Crippen LogP contribution in [0.2, 0.25) is 0 Å². The molecule has 3 N–H and O–H groups in total. The summed E-state index contributed by atoms with van der Waals surface area (Å²) in [7, 11) is 3.84. The van der Waals surface area contributed by atoms with E-state index in [1.54, 1.807) is 80.2 Å². The maximum atomic E-state index is 12.8. The fraction of sp³-hybridized carbons (Fsp3) is 0.138. The van der Waals surface area contributed by atoms with Crippen molar-refractivity contribution < 1.29 is 9.59 Å². The van der Waals surface area contributed by atoms with E-state index in [0.717, 1.165) is 11.3 Å². The van der Waals surface area contributed by atoms with Crippen LogP contribution in [-0.4, -0.2) is 52.3 Å². The molecule has 0 aliphatic heterocycles. The number of rotatable bonds is 11. The van der Waals surface area contributed by atoms with Gasteiger partial charge in [0.1, 0.15) is 0 Å². The van der Waals surface area contributed by atoms with Crippen molar-refractivity contribution in [3.05, 3.63) is 115 Å². The van der Waals surface area contributed by atoms with Crippen molar-refractivity contribution in [1.29, 1.82) is 0 Å². The molecule has 2 aromatic heterocycles. The van der Waals surface area contributed by atoms with Crippen molar-refractivity contribution in [2.45, 2.75) is 6.92 Å². The first kappa shape index (κ1) is 27.7. The lowest BCUT2D eigenvalue weighted by Crippen LogP contribution is -2.21. The van der Waals surface area contributed by atoms with Gasteiger partial charge in [0.05, 0.1) is 5.69 Å². The number of allylic oxidation sites excluding steroid dienone is 4. The third-order valence-corrected chi connectivity index (χ3v) is 5.04. The van der Waals surface area contributed by atoms with Crippen LogP contribution in [0, 0.1) is 0 Å². The van der Waals surface area contributed by atoms with Crippen LogP contribution in [0.1, 0.15) is 17.3 Å². The van der Waals surface area contributed by atoms with Gasteiger partial charge in [-0.25, -0.2) is 9.97 Å². The lowest BCUT2D eigenvalue weighted by molar-refractivity contribution is -0.111. The molecule has 0 bridgehead atoms. The quantitative estimate of drug-likeness (QED) is 0.259. The summed E-state index contributed by atoms with van der Waals surface area (Å²) in [5.41, 5.74) is 3.83. The van der Waals surface area contributed by atoms with E-state index < -0.39 is 0 Å². The van der Waals surface area contributed by atoms with E-state index in [4.69, 9.17) is 0 Å². The van der Waals surface area contributed by atoms with Crippen LogP contribution in [-0.2, 0) is 4.79 Å². The van der Waals surface area contributed by atoms with Gasteiger partial charge in [0.25, 0.3) is 5.91 Å². The number of amides is 2. The minimum absolute atomic E-state index is 0.259. The maximum Gasteiger partial charge on any atom is 0.255 e. The van der Waals surface area contributed by atoms with Gasteiger partial charge >= 0.3 is 0 Å². The topological polar surface area (TPSA) is 112 Å². The van der Waals surface area contributed by atoms with E-state index >= 15 is 0 Å². The Morgan fingerprint density at radius 1 is 1.05 bits per heavy atom. The Morgan fingerprint density at radius 3 is 2.63 bits per heavy atom. The molecule has 0 atom stereocenters. The first-order valence-electron chi connectivity index (χ1n) is 11.9. The van der Waals surface area contributed by atoms with Gasteiger partial charge in [0.15, 0.2) is 0 Å². The number of likely N-dealkylation sites (N-methyl/N-ethyl adjacent to an activating group) is 1. The zero-order chi connectivity index (χ0) is 27.3. The number of aromatic nitrogens is 3. The van der Waals surface area contributed by atoms with Crippen molar-refractivity contribution in [3.8, 4) is 11.3 Å². The summed E-state index contributed by atoms with van der Waals surface area (Å²) < 4.78 is 0. The summed E-state index contributed by atoms with van der Waals surface area (Å²) in [4.78, 5) is 39.7. The molecule has 1 aromatic carbocycles. The number of nitrogens with zero attached hydrogens (tertiary/aromatic N) is 4. The Balaban J connectivity index is 1.62. The first-order valence-corrected chi connectivity index (χ1v) is 11.9. The monoisotopic (exact) mass is 509 g/mol. The van der Waals surface area contributed by atoms with Crippen LogP contribution < -0.4 is 16.0 Å². The number of nitrogens with one attached hydrogen (secondary N) is 3. The number of carbonyl (C=O) groups excluding carboxylic acids is 2. The molecule has 0 fully saturated rings. The van der Waals surface area contributed by atoms with Gasteiger partial charge in [-0.1, -0.05) is 18.7 Å². The third-order valence-electron chi connectivity index (χ3n) is 5.04. The second-order valence-corrected chi connectivity index (χ2v) is 8.50. The van der Waals surface area contributed by atoms with E-state index in [9.17, 15) is 9.59 Å². The van der Waals surface area contributed by atoms with Gasteiger partial charge in [-0.05, 0) is 75.6 Å². The Labute approximate surface area is 222 Å². The molecule has 0 unspecified atom stereocenters. The summed E-state index contributed by atoms with van der Waals surface area (Å²) in [6.07, 6.45) is 13.5. The highest BCUT2D eigenvalue weighted by Crippen LogP contribution is 2.17. The van der Waals surface area contributed by atoms with Crippen LogP contribution in [0.4, 0.5) is 11.6 Å². The van der Waals surface area contributed by atoms with Crippen molar-refractivity contribution in [1.82, 2.24) is 25.2 Å². The molecule has 3 rings (SSSR count). The highest BCUT2D eigenvalue weighted by Gasteiger charge is 2.08. The highest BCUT2D eigenvalue weighted by molar-refractivity contribution is 6.01. The van der Waals surface area contributed by atoms with Gasteiger partial charge in [-0.15, -0.1) is 0 Å². The number of pyridine rings is 1. The lowest BCUT2D eigenvalue weighted by Gasteiger charge is -2.09. The van der Waals surface area contributed by atoms with Crippen LogP contribution in [0.15, 0.2) is 109 Å². The molecule has 0 aliphatic rings. The van der Waals surface area contributed by atoms with Crippen molar-refractivity contribution >= 4 is 23.5 Å². The summed E-state index contributed by atoms with van der Waals surface area (Å²) in [5, 5.41) is 8.73. The molecule has 0 radical (unpaired) electrons. The van der Waals surface area contributed by atoms with Crippen molar-refractivity contribution in [3.63, 3.8) is 0 Å². The Bertz CT molecular complexity index is 1360. The molecule has 3 aromatic rings. The molecule has 2 amide bonds. The summed E-state index contributed by atoms with van der Waals surface area (Å²) in [6, 6.07) is 12.3. The molecule has 2 heterocycles. The smallest absolute Gasteiger partial charge is 0.255 e. The molecule has 0 aliphatic carbocycles. The number of hydrogen-bond donors (Lipinski definition) is 3. The van der Waals surface area contributed by atoms with E-state index in [1.165, 1.54) is 6.08 Å². The predicted octanol–water partition coefficient (Wildman–Crippen LogP) is 4.41. The zero-order valence-corrected chi connectivity index (χ0v) is 21.7. The minimum atomic E-state index is -0.299. The largest absolute Gasteiger partial charge is 0.326 e. The number of benzene rings is 1. The van der Waals surface area contributed by atoms with Gasteiger partial charge in [0.2, 0.25) is 11.9 Å². The molecular formula is C29H31N7O2. The zero-order valence-electron chi connectivity index (χ0n) is 21.7. The Hall–Kier alpha value is -4.89. The standard InChI is InChI=1S/C29H31N7O2/c1-5-24(34-29-31-17-15-26(35-29)23-10-7-16-30-20-23)14-13-21(2)32-28(38)22-9-6-11-25(19-22)33-27(37)12-8-18-36(3)4/h5-17,19-20H,1,18H2,2-4H3,(H,32,38)(H,33,37)(H,31,34,35)/b12-8-,21-13+,24-14+. The summed E-state index contributed by atoms with van der Waals surface area (Å²) in [5.74, 6) is -0.153.